The molecule has 2 heterocycles. The van der Waals surface area contributed by atoms with E-state index in [-0.39, 0.29) is 23.0 Å². The third kappa shape index (κ3) is 4.25. The van der Waals surface area contributed by atoms with E-state index in [4.69, 9.17) is 13.9 Å². The molecule has 32 heavy (non-hydrogen) atoms. The first-order valence-corrected chi connectivity index (χ1v) is 10.1. The predicted molar refractivity (Wildman–Crippen MR) is 117 cm³/mol. The molecule has 1 aliphatic heterocycles. The summed E-state index contributed by atoms with van der Waals surface area (Å²) in [5.41, 5.74) is 2.49. The lowest BCUT2D eigenvalue weighted by Gasteiger charge is -2.16. The Kier molecular flexibility index (Phi) is 6.04. The highest BCUT2D eigenvalue weighted by Crippen LogP contribution is 2.32. The lowest BCUT2D eigenvalue weighted by molar-refractivity contribution is -0.114. The number of ether oxygens (including phenoxy) is 2. The molecule has 0 saturated carbocycles. The van der Waals surface area contributed by atoms with E-state index >= 15 is 0 Å². The number of furan rings is 1. The van der Waals surface area contributed by atoms with Crippen molar-refractivity contribution in [1.29, 1.82) is 5.26 Å². The minimum atomic E-state index is -0.653. The fourth-order valence-corrected chi connectivity index (χ4v) is 3.52. The van der Waals surface area contributed by atoms with E-state index in [0.717, 1.165) is 17.7 Å². The Hall–Kier alpha value is -4.31. The molecule has 4 rings (SSSR count). The zero-order valence-corrected chi connectivity index (χ0v) is 17.4. The maximum Gasteiger partial charge on any atom is 0.379 e. The predicted octanol–water partition coefficient (Wildman–Crippen LogP) is 4.39. The van der Waals surface area contributed by atoms with Crippen molar-refractivity contribution in [2.75, 3.05) is 18.1 Å². The van der Waals surface area contributed by atoms with Crippen LogP contribution in [0.4, 0.5) is 5.69 Å². The van der Waals surface area contributed by atoms with Crippen LogP contribution in [0.5, 0.6) is 11.5 Å². The Bertz CT molecular complexity index is 1220. The molecule has 0 saturated heterocycles. The van der Waals surface area contributed by atoms with Gasteiger partial charge in [-0.1, -0.05) is 24.3 Å². The topological polar surface area (TPSA) is 92.8 Å². The summed E-state index contributed by atoms with van der Waals surface area (Å²) in [6.07, 6.45) is 3.64. The number of benzene rings is 2. The number of nitrogens with zero attached hydrogens (tertiary/aromatic N) is 2. The van der Waals surface area contributed by atoms with Crippen LogP contribution >= 0.6 is 0 Å². The molecular weight excluding hydrogens is 408 g/mol. The van der Waals surface area contributed by atoms with Crippen molar-refractivity contribution >= 4 is 23.6 Å². The van der Waals surface area contributed by atoms with Gasteiger partial charge in [0.25, 0.3) is 5.91 Å². The number of nitriles is 1. The molecule has 0 radical (unpaired) electrons. The van der Waals surface area contributed by atoms with Gasteiger partial charge in [0, 0.05) is 12.2 Å². The third-order valence-electron chi connectivity index (χ3n) is 4.99. The number of para-hydroxylation sites is 1. The summed E-state index contributed by atoms with van der Waals surface area (Å²) >= 11 is 0. The van der Waals surface area contributed by atoms with Crippen LogP contribution in [0.15, 0.2) is 70.9 Å². The second-order valence-electron chi connectivity index (χ2n) is 7.01. The molecule has 160 valence electrons. The number of hydrogen-bond donors (Lipinski definition) is 0. The summed E-state index contributed by atoms with van der Waals surface area (Å²) in [6.45, 7) is 2.67. The van der Waals surface area contributed by atoms with Crippen LogP contribution in [0.25, 0.3) is 6.08 Å². The largest absolute Gasteiger partial charge is 0.490 e. The van der Waals surface area contributed by atoms with E-state index in [2.05, 4.69) is 0 Å². The van der Waals surface area contributed by atoms with E-state index in [9.17, 15) is 14.9 Å². The average Bonchev–Trinajstić information content (AvgIpc) is 3.49. The SMILES string of the molecule is CCOc1cc(/C=C(\C#N)C(=O)N2CCc3ccccc32)ccc1OC(=O)c1ccco1. The number of carbonyl (C=O) groups excluding carboxylic acids is 2. The number of anilines is 1. The van der Waals surface area contributed by atoms with Gasteiger partial charge in [0.2, 0.25) is 5.76 Å². The Morgan fingerprint density at radius 1 is 1.16 bits per heavy atom. The van der Waals surface area contributed by atoms with Crippen LogP contribution in [0, 0.1) is 11.3 Å². The summed E-state index contributed by atoms with van der Waals surface area (Å²) < 4.78 is 16.0. The van der Waals surface area contributed by atoms with Gasteiger partial charge in [-0.3, -0.25) is 4.79 Å². The van der Waals surface area contributed by atoms with Gasteiger partial charge in [-0.2, -0.15) is 5.26 Å². The third-order valence-corrected chi connectivity index (χ3v) is 4.99. The monoisotopic (exact) mass is 428 g/mol. The number of rotatable bonds is 6. The van der Waals surface area contributed by atoms with Gasteiger partial charge in [0.15, 0.2) is 11.5 Å². The van der Waals surface area contributed by atoms with E-state index < -0.39 is 5.97 Å². The first-order chi connectivity index (χ1) is 15.6. The molecule has 7 heteroatoms. The van der Waals surface area contributed by atoms with Crippen LogP contribution in [0.2, 0.25) is 0 Å². The molecule has 0 bridgehead atoms. The first kappa shape index (κ1) is 20.9. The van der Waals surface area contributed by atoms with Crippen molar-refractivity contribution in [1.82, 2.24) is 0 Å². The summed E-state index contributed by atoms with van der Waals surface area (Å²) in [4.78, 5) is 26.8. The summed E-state index contributed by atoms with van der Waals surface area (Å²) in [5, 5.41) is 9.64. The van der Waals surface area contributed by atoms with Gasteiger partial charge in [-0.05, 0) is 60.9 Å². The number of amides is 1. The van der Waals surface area contributed by atoms with Crippen LogP contribution in [-0.2, 0) is 11.2 Å². The number of carbonyl (C=O) groups is 2. The minimum Gasteiger partial charge on any atom is -0.490 e. The van der Waals surface area contributed by atoms with E-state index in [1.807, 2.05) is 30.3 Å². The quantitative estimate of drug-likeness (QED) is 0.250. The van der Waals surface area contributed by atoms with Gasteiger partial charge in [-0.15, -0.1) is 0 Å². The molecule has 0 aliphatic carbocycles. The van der Waals surface area contributed by atoms with E-state index in [1.165, 1.54) is 18.4 Å². The highest BCUT2D eigenvalue weighted by atomic mass is 16.6. The highest BCUT2D eigenvalue weighted by molar-refractivity contribution is 6.12. The number of fused-ring (bicyclic) bond motifs is 1. The van der Waals surface area contributed by atoms with Gasteiger partial charge in [-0.25, -0.2) is 4.79 Å². The standard InChI is InChI=1S/C25H20N2O5/c1-2-30-23-15-17(9-10-21(23)32-25(29)22-8-5-13-31-22)14-19(16-26)24(28)27-12-11-18-6-3-4-7-20(18)27/h3-10,13-15H,2,11-12H2,1H3/b19-14+. The van der Waals surface area contributed by atoms with Crippen LogP contribution < -0.4 is 14.4 Å². The Morgan fingerprint density at radius 2 is 2.00 bits per heavy atom. The molecule has 0 N–H and O–H groups in total. The fraction of sp³-hybridized carbons (Fsp3) is 0.160. The Balaban J connectivity index is 1.59. The second kappa shape index (κ2) is 9.23. The summed E-state index contributed by atoms with van der Waals surface area (Å²) in [6, 6.07) is 17.6. The normalized spacial score (nSPS) is 12.8. The molecule has 2 aromatic carbocycles. The molecule has 1 amide bonds. The Morgan fingerprint density at radius 3 is 2.75 bits per heavy atom. The van der Waals surface area contributed by atoms with Crippen molar-refractivity contribution < 1.29 is 23.5 Å². The van der Waals surface area contributed by atoms with Gasteiger partial charge >= 0.3 is 5.97 Å². The molecule has 3 aromatic rings. The van der Waals surface area contributed by atoms with Crippen molar-refractivity contribution in [3.8, 4) is 17.6 Å². The van der Waals surface area contributed by atoms with Crippen LogP contribution in [0.1, 0.15) is 28.6 Å². The summed E-state index contributed by atoms with van der Waals surface area (Å²) in [7, 11) is 0. The lowest BCUT2D eigenvalue weighted by Crippen LogP contribution is -2.29. The minimum absolute atomic E-state index is 0.00415. The maximum absolute atomic E-state index is 13.0. The smallest absolute Gasteiger partial charge is 0.379 e. The number of esters is 1. The molecule has 0 atom stereocenters. The van der Waals surface area contributed by atoms with E-state index in [1.54, 1.807) is 36.1 Å². The Labute approximate surface area is 185 Å². The molecule has 7 nitrogen and oxygen atoms in total. The molecule has 1 aliphatic rings. The van der Waals surface area contributed by atoms with Gasteiger partial charge in [0.05, 0.1) is 12.9 Å². The number of hydrogen-bond acceptors (Lipinski definition) is 6. The highest BCUT2D eigenvalue weighted by Gasteiger charge is 2.26. The zero-order chi connectivity index (χ0) is 22.5. The second-order valence-corrected chi connectivity index (χ2v) is 7.01. The molecular formula is C25H20N2O5. The van der Waals surface area contributed by atoms with Crippen molar-refractivity contribution in [3.05, 3.63) is 83.3 Å². The first-order valence-electron chi connectivity index (χ1n) is 10.1. The lowest BCUT2D eigenvalue weighted by atomic mass is 10.1. The van der Waals surface area contributed by atoms with Crippen LogP contribution in [-0.4, -0.2) is 25.0 Å². The van der Waals surface area contributed by atoms with Crippen molar-refractivity contribution in [3.63, 3.8) is 0 Å². The molecule has 1 aromatic heterocycles. The van der Waals surface area contributed by atoms with E-state index in [0.29, 0.717) is 24.5 Å². The van der Waals surface area contributed by atoms with Gasteiger partial charge in [0.1, 0.15) is 11.6 Å². The van der Waals surface area contributed by atoms with Crippen LogP contribution in [0.3, 0.4) is 0 Å². The summed E-state index contributed by atoms with van der Waals surface area (Å²) in [5.74, 6) is -0.413. The molecule has 0 spiro atoms. The van der Waals surface area contributed by atoms with Crippen molar-refractivity contribution in [2.45, 2.75) is 13.3 Å². The maximum atomic E-state index is 13.0. The molecule has 0 unspecified atom stereocenters. The average molecular weight is 428 g/mol. The fourth-order valence-electron chi connectivity index (χ4n) is 3.52. The zero-order valence-electron chi connectivity index (χ0n) is 17.4. The van der Waals surface area contributed by atoms with Gasteiger partial charge < -0.3 is 18.8 Å². The van der Waals surface area contributed by atoms with Crippen molar-refractivity contribution in [2.24, 2.45) is 0 Å². The molecule has 0 fully saturated rings.